The van der Waals surface area contributed by atoms with E-state index in [0.29, 0.717) is 28.7 Å². The van der Waals surface area contributed by atoms with E-state index in [1.54, 1.807) is 17.0 Å². The normalized spacial score (nSPS) is 12.9. The number of anilines is 1. The van der Waals surface area contributed by atoms with Crippen molar-refractivity contribution in [3.8, 4) is 11.5 Å². The molecule has 0 unspecified atom stereocenters. The quantitative estimate of drug-likeness (QED) is 0.444. The summed E-state index contributed by atoms with van der Waals surface area (Å²) in [5.74, 6) is 1.07. The fourth-order valence-electron chi connectivity index (χ4n) is 3.39. The van der Waals surface area contributed by atoms with Crippen molar-refractivity contribution in [2.45, 2.75) is 11.3 Å². The van der Waals surface area contributed by atoms with Crippen molar-refractivity contribution in [2.75, 3.05) is 53.0 Å². The number of benzene rings is 2. The number of nitrogens with zero attached hydrogens (tertiary/aromatic N) is 4. The minimum Gasteiger partial charge on any atom is -0.454 e. The molecule has 1 aliphatic rings. The summed E-state index contributed by atoms with van der Waals surface area (Å²) < 4.78 is 37.6. The summed E-state index contributed by atoms with van der Waals surface area (Å²) in [6, 6.07) is 9.70. The van der Waals surface area contributed by atoms with E-state index >= 15 is 0 Å². The predicted molar refractivity (Wildman–Crippen MR) is 135 cm³/mol. The fraction of sp³-hybridized carbons (Fsp3) is 0.364. The number of halogens is 1. The highest BCUT2D eigenvalue weighted by Gasteiger charge is 2.24. The summed E-state index contributed by atoms with van der Waals surface area (Å²) in [4.78, 5) is 22.0. The Labute approximate surface area is 209 Å². The molecule has 0 aliphatic carbocycles. The highest BCUT2D eigenvalue weighted by Crippen LogP contribution is 2.40. The van der Waals surface area contributed by atoms with Crippen LogP contribution in [0.5, 0.6) is 11.5 Å². The number of thiazole rings is 1. The minimum absolute atomic E-state index is 0. The number of hydrogen-bond acceptors (Lipinski definition) is 8. The largest absolute Gasteiger partial charge is 0.454 e. The topological polar surface area (TPSA) is 92.3 Å². The molecule has 0 N–H and O–H groups in total. The number of sulfonamides is 1. The summed E-state index contributed by atoms with van der Waals surface area (Å²) in [5.41, 5.74) is 1.13. The van der Waals surface area contributed by atoms with Crippen LogP contribution in [0.4, 0.5) is 5.13 Å². The summed E-state index contributed by atoms with van der Waals surface area (Å²) in [6.07, 6.45) is 0.754. The molecule has 1 aromatic heterocycles. The predicted octanol–water partition coefficient (Wildman–Crippen LogP) is 3.30. The van der Waals surface area contributed by atoms with E-state index in [4.69, 9.17) is 9.47 Å². The molecule has 12 heteroatoms. The summed E-state index contributed by atoms with van der Waals surface area (Å²) in [6.45, 7) is 1.47. The Morgan fingerprint density at radius 1 is 1.03 bits per heavy atom. The van der Waals surface area contributed by atoms with E-state index < -0.39 is 10.0 Å². The Morgan fingerprint density at radius 3 is 2.29 bits per heavy atom. The van der Waals surface area contributed by atoms with Gasteiger partial charge in [0, 0.05) is 38.3 Å². The third kappa shape index (κ3) is 5.28. The molecule has 34 heavy (non-hydrogen) atoms. The molecule has 0 bridgehead atoms. The van der Waals surface area contributed by atoms with Crippen LogP contribution in [0.15, 0.2) is 41.3 Å². The van der Waals surface area contributed by atoms with Crippen LogP contribution in [0.25, 0.3) is 10.2 Å². The van der Waals surface area contributed by atoms with E-state index in [9.17, 15) is 13.2 Å². The van der Waals surface area contributed by atoms with Gasteiger partial charge >= 0.3 is 0 Å². The number of hydrogen-bond donors (Lipinski definition) is 0. The van der Waals surface area contributed by atoms with Crippen LogP contribution in [0, 0.1) is 0 Å². The van der Waals surface area contributed by atoms with Crippen molar-refractivity contribution in [3.63, 3.8) is 0 Å². The number of rotatable bonds is 8. The van der Waals surface area contributed by atoms with Crippen LogP contribution in [-0.2, 0) is 10.0 Å². The second-order valence-electron chi connectivity index (χ2n) is 8.10. The highest BCUT2D eigenvalue weighted by atomic mass is 35.5. The van der Waals surface area contributed by atoms with Crippen LogP contribution >= 0.6 is 23.7 Å². The molecular formula is C22H27ClN4O5S2. The van der Waals surface area contributed by atoms with Gasteiger partial charge in [-0.25, -0.2) is 17.7 Å². The number of ether oxygens (including phenoxy) is 2. The van der Waals surface area contributed by atoms with Gasteiger partial charge in [0.2, 0.25) is 16.8 Å². The highest BCUT2D eigenvalue weighted by molar-refractivity contribution is 7.89. The summed E-state index contributed by atoms with van der Waals surface area (Å²) in [5, 5.41) is 0.572. The smallest absolute Gasteiger partial charge is 0.260 e. The van der Waals surface area contributed by atoms with Crippen LogP contribution in [0.2, 0.25) is 0 Å². The number of fused-ring (bicyclic) bond motifs is 2. The maximum atomic E-state index is 13.5. The second-order valence-corrected chi connectivity index (χ2v) is 11.3. The van der Waals surface area contributed by atoms with Gasteiger partial charge < -0.3 is 14.4 Å². The molecule has 0 fully saturated rings. The van der Waals surface area contributed by atoms with E-state index in [2.05, 4.69) is 9.88 Å². The van der Waals surface area contributed by atoms with Crippen LogP contribution < -0.4 is 14.4 Å². The second kappa shape index (κ2) is 10.4. The molecular weight excluding hydrogens is 500 g/mol. The molecule has 4 rings (SSSR count). The van der Waals surface area contributed by atoms with E-state index in [-0.39, 0.29) is 30.0 Å². The minimum atomic E-state index is -3.57. The molecule has 0 atom stereocenters. The average molecular weight is 527 g/mol. The van der Waals surface area contributed by atoms with Gasteiger partial charge in [0.25, 0.3) is 5.91 Å². The Kier molecular flexibility index (Phi) is 8.04. The number of amides is 1. The first kappa shape index (κ1) is 26.2. The monoisotopic (exact) mass is 526 g/mol. The van der Waals surface area contributed by atoms with Crippen molar-refractivity contribution >= 4 is 55.0 Å². The molecule has 1 amide bonds. The molecule has 0 spiro atoms. The number of aromatic nitrogens is 1. The Bertz CT molecular complexity index is 1240. The van der Waals surface area contributed by atoms with Crippen molar-refractivity contribution in [1.29, 1.82) is 0 Å². The zero-order valence-electron chi connectivity index (χ0n) is 19.3. The van der Waals surface area contributed by atoms with Gasteiger partial charge in [-0.1, -0.05) is 11.3 Å². The molecule has 2 heterocycles. The Hall–Kier alpha value is -2.44. The van der Waals surface area contributed by atoms with Crippen molar-refractivity contribution in [3.05, 3.63) is 42.0 Å². The molecule has 9 nitrogen and oxygen atoms in total. The van der Waals surface area contributed by atoms with Crippen LogP contribution in [0.1, 0.15) is 16.8 Å². The third-order valence-corrected chi connectivity index (χ3v) is 8.08. The zero-order valence-corrected chi connectivity index (χ0v) is 21.8. The first-order chi connectivity index (χ1) is 15.7. The number of carbonyl (C=O) groups excluding carboxylic acids is 1. The Balaban J connectivity index is 0.00000324. The average Bonchev–Trinajstić information content (AvgIpc) is 3.40. The van der Waals surface area contributed by atoms with Crippen molar-refractivity contribution < 1.29 is 22.7 Å². The fourth-order valence-corrected chi connectivity index (χ4v) is 5.29. The van der Waals surface area contributed by atoms with Crippen LogP contribution in [0.3, 0.4) is 0 Å². The van der Waals surface area contributed by atoms with Gasteiger partial charge in [0.1, 0.15) is 0 Å². The SMILES string of the molecule is CN(C)CCCN(C(=O)c1ccc(S(=O)(=O)N(C)C)cc1)c1nc2cc3c(cc2s1)OCO3.Cl. The van der Waals surface area contributed by atoms with Gasteiger partial charge in [-0.15, -0.1) is 12.4 Å². The van der Waals surface area contributed by atoms with Gasteiger partial charge in [-0.2, -0.15) is 0 Å². The molecule has 0 saturated heterocycles. The van der Waals surface area contributed by atoms with Gasteiger partial charge in [-0.3, -0.25) is 9.69 Å². The maximum Gasteiger partial charge on any atom is 0.260 e. The lowest BCUT2D eigenvalue weighted by Crippen LogP contribution is -2.33. The van der Waals surface area contributed by atoms with Crippen molar-refractivity contribution in [1.82, 2.24) is 14.2 Å². The first-order valence-corrected chi connectivity index (χ1v) is 12.6. The molecule has 3 aromatic rings. The van der Waals surface area contributed by atoms with Crippen molar-refractivity contribution in [2.24, 2.45) is 0 Å². The van der Waals surface area contributed by atoms with E-state index in [0.717, 1.165) is 27.5 Å². The third-order valence-electron chi connectivity index (χ3n) is 5.21. The van der Waals surface area contributed by atoms with Gasteiger partial charge in [-0.05, 0) is 51.3 Å². The lowest BCUT2D eigenvalue weighted by atomic mass is 10.2. The number of carbonyl (C=O) groups is 1. The lowest BCUT2D eigenvalue weighted by Gasteiger charge is -2.21. The molecule has 1 aliphatic heterocycles. The Morgan fingerprint density at radius 2 is 1.68 bits per heavy atom. The molecule has 0 saturated carbocycles. The molecule has 0 radical (unpaired) electrons. The summed E-state index contributed by atoms with van der Waals surface area (Å²) in [7, 11) is 3.34. The van der Waals surface area contributed by atoms with E-state index in [1.807, 2.05) is 26.2 Å². The zero-order chi connectivity index (χ0) is 23.8. The van der Waals surface area contributed by atoms with Gasteiger partial charge in [0.15, 0.2) is 16.6 Å². The molecule has 2 aromatic carbocycles. The van der Waals surface area contributed by atoms with Crippen LogP contribution in [-0.4, -0.2) is 76.6 Å². The standard InChI is InChI=1S/C22H26N4O5S2.ClH/c1-24(2)10-5-11-26(21(27)15-6-8-16(9-7-15)33(28,29)25(3)4)22-23-17-12-18-19(31-14-30-18)13-20(17)32-22;/h6-9,12-13H,5,10-11,14H2,1-4H3;1H. The van der Waals surface area contributed by atoms with E-state index in [1.165, 1.54) is 37.6 Å². The maximum absolute atomic E-state index is 13.5. The summed E-state index contributed by atoms with van der Waals surface area (Å²) >= 11 is 1.41. The first-order valence-electron chi connectivity index (χ1n) is 10.4. The lowest BCUT2D eigenvalue weighted by molar-refractivity contribution is 0.0986. The van der Waals surface area contributed by atoms with Gasteiger partial charge in [0.05, 0.1) is 15.1 Å². The molecule has 184 valence electrons.